The van der Waals surface area contributed by atoms with Gasteiger partial charge in [-0.2, -0.15) is 0 Å². The molecule has 0 amide bonds. The maximum atomic E-state index is 13.9. The molecular weight excluding hydrogens is 307 g/mol. The van der Waals surface area contributed by atoms with Crippen LogP contribution < -0.4 is 5.73 Å². The molecule has 2 nitrogen and oxygen atoms in total. The van der Waals surface area contributed by atoms with Crippen LogP contribution in [0.4, 0.5) is 10.1 Å². The van der Waals surface area contributed by atoms with Crippen LogP contribution in [0.5, 0.6) is 0 Å². The van der Waals surface area contributed by atoms with Gasteiger partial charge in [0, 0.05) is 16.8 Å². The van der Waals surface area contributed by atoms with Gasteiger partial charge in [0.25, 0.3) is 0 Å². The Bertz CT molecular complexity index is 667. The van der Waals surface area contributed by atoms with Crippen LogP contribution in [-0.4, -0.2) is 4.98 Å². The number of aromatic nitrogens is 1. The highest BCUT2D eigenvalue weighted by Gasteiger charge is 2.19. The van der Waals surface area contributed by atoms with Crippen LogP contribution in [0.3, 0.4) is 0 Å². The van der Waals surface area contributed by atoms with Crippen molar-refractivity contribution in [1.82, 2.24) is 4.98 Å². The molecule has 0 fully saturated rings. The summed E-state index contributed by atoms with van der Waals surface area (Å²) in [6, 6.07) is 1.52. The van der Waals surface area contributed by atoms with E-state index < -0.39 is 0 Å². The quantitative estimate of drug-likeness (QED) is 0.734. The highest BCUT2D eigenvalue weighted by molar-refractivity contribution is 9.10. The first-order valence-electron chi connectivity index (χ1n) is 6.65. The molecule has 3 rings (SSSR count). The van der Waals surface area contributed by atoms with Crippen molar-refractivity contribution in [2.45, 2.75) is 39.0 Å². The first-order chi connectivity index (χ1) is 9.09. The van der Waals surface area contributed by atoms with Crippen LogP contribution in [0.1, 0.15) is 36.1 Å². The van der Waals surface area contributed by atoms with Gasteiger partial charge in [0.05, 0.1) is 9.99 Å². The van der Waals surface area contributed by atoms with Gasteiger partial charge in [-0.05, 0) is 65.7 Å². The number of hydrogen-bond acceptors (Lipinski definition) is 2. The Hall–Kier alpha value is -1.16. The summed E-state index contributed by atoms with van der Waals surface area (Å²) < 4.78 is 14.3. The standard InChI is InChI=1S/C15H16BrFN2/c1-8-7-10(17)13(16)12-14(18)9-5-3-2-4-6-11(9)19-15(8)12/h7H,2-6H2,1H3,(H2,18,19). The molecule has 0 saturated carbocycles. The average molecular weight is 323 g/mol. The minimum Gasteiger partial charge on any atom is -0.398 e. The molecule has 0 radical (unpaired) electrons. The minimum absolute atomic E-state index is 0.271. The van der Waals surface area contributed by atoms with Gasteiger partial charge in [-0.25, -0.2) is 4.39 Å². The summed E-state index contributed by atoms with van der Waals surface area (Å²) in [7, 11) is 0. The molecule has 0 spiro atoms. The zero-order valence-corrected chi connectivity index (χ0v) is 12.5. The Balaban J connectivity index is 2.41. The Morgan fingerprint density at radius 1 is 1.26 bits per heavy atom. The summed E-state index contributed by atoms with van der Waals surface area (Å²) >= 11 is 3.32. The molecule has 0 unspecified atom stereocenters. The van der Waals surface area contributed by atoms with Gasteiger partial charge in [-0.3, -0.25) is 4.98 Å². The van der Waals surface area contributed by atoms with Gasteiger partial charge in [0.2, 0.25) is 0 Å². The smallest absolute Gasteiger partial charge is 0.138 e. The molecule has 1 aliphatic carbocycles. The van der Waals surface area contributed by atoms with Crippen molar-refractivity contribution in [3.05, 3.63) is 33.2 Å². The number of anilines is 1. The zero-order chi connectivity index (χ0) is 13.6. The van der Waals surface area contributed by atoms with E-state index in [-0.39, 0.29) is 5.82 Å². The zero-order valence-electron chi connectivity index (χ0n) is 10.9. The van der Waals surface area contributed by atoms with E-state index in [1.807, 2.05) is 6.92 Å². The summed E-state index contributed by atoms with van der Waals surface area (Å²) in [5.74, 6) is -0.271. The number of nitrogens with two attached hydrogens (primary N) is 1. The number of nitrogens with zero attached hydrogens (tertiary/aromatic N) is 1. The molecular formula is C15H16BrFN2. The predicted octanol–water partition coefficient (Wildman–Crippen LogP) is 4.30. The largest absolute Gasteiger partial charge is 0.398 e. The summed E-state index contributed by atoms with van der Waals surface area (Å²) in [4.78, 5) is 4.76. The van der Waals surface area contributed by atoms with Gasteiger partial charge in [-0.1, -0.05) is 6.42 Å². The monoisotopic (exact) mass is 322 g/mol. The molecule has 1 heterocycles. The molecule has 2 N–H and O–H groups in total. The highest BCUT2D eigenvalue weighted by Crippen LogP contribution is 2.37. The molecule has 100 valence electrons. The molecule has 0 saturated heterocycles. The summed E-state index contributed by atoms with van der Waals surface area (Å²) in [5.41, 5.74) is 10.9. The number of benzene rings is 1. The fraction of sp³-hybridized carbons (Fsp3) is 0.400. The fourth-order valence-electron chi connectivity index (χ4n) is 2.90. The molecule has 1 aromatic carbocycles. The van der Waals surface area contributed by atoms with Crippen LogP contribution in [0, 0.1) is 12.7 Å². The minimum atomic E-state index is -0.271. The van der Waals surface area contributed by atoms with Gasteiger partial charge < -0.3 is 5.73 Å². The lowest BCUT2D eigenvalue weighted by atomic mass is 10.0. The predicted molar refractivity (Wildman–Crippen MR) is 79.8 cm³/mol. The second kappa shape index (κ2) is 4.75. The van der Waals surface area contributed by atoms with E-state index >= 15 is 0 Å². The van der Waals surface area contributed by atoms with Crippen molar-refractivity contribution in [1.29, 1.82) is 0 Å². The number of nitrogen functional groups attached to an aromatic ring is 1. The summed E-state index contributed by atoms with van der Waals surface area (Å²) in [5, 5.41) is 0.734. The van der Waals surface area contributed by atoms with E-state index in [2.05, 4.69) is 15.9 Å². The lowest BCUT2D eigenvalue weighted by molar-refractivity contribution is 0.622. The number of halogens is 2. The Morgan fingerprint density at radius 3 is 2.79 bits per heavy atom. The van der Waals surface area contributed by atoms with Gasteiger partial charge in [0.15, 0.2) is 0 Å². The Kier molecular flexibility index (Phi) is 3.21. The van der Waals surface area contributed by atoms with E-state index in [9.17, 15) is 4.39 Å². The van der Waals surface area contributed by atoms with Crippen molar-refractivity contribution in [3.8, 4) is 0 Å². The lowest BCUT2D eigenvalue weighted by Gasteiger charge is -2.15. The van der Waals surface area contributed by atoms with Gasteiger partial charge >= 0.3 is 0 Å². The average Bonchev–Trinajstić information content (AvgIpc) is 2.61. The van der Waals surface area contributed by atoms with Crippen LogP contribution in [0.25, 0.3) is 10.9 Å². The van der Waals surface area contributed by atoms with E-state index in [1.165, 1.54) is 12.5 Å². The first kappa shape index (κ1) is 12.9. The van der Waals surface area contributed by atoms with Crippen LogP contribution in [0.2, 0.25) is 0 Å². The van der Waals surface area contributed by atoms with Crippen molar-refractivity contribution >= 4 is 32.5 Å². The summed E-state index contributed by atoms with van der Waals surface area (Å²) in [6.45, 7) is 1.88. The normalized spacial score (nSPS) is 15.3. The van der Waals surface area contributed by atoms with E-state index in [0.717, 1.165) is 53.4 Å². The molecule has 4 heteroatoms. The molecule has 1 aromatic heterocycles. The maximum absolute atomic E-state index is 13.9. The topological polar surface area (TPSA) is 38.9 Å². The number of aryl methyl sites for hydroxylation is 2. The fourth-order valence-corrected chi connectivity index (χ4v) is 3.41. The lowest BCUT2D eigenvalue weighted by Crippen LogP contribution is -2.05. The van der Waals surface area contributed by atoms with Crippen LogP contribution in [-0.2, 0) is 12.8 Å². The van der Waals surface area contributed by atoms with Crippen molar-refractivity contribution in [2.24, 2.45) is 0 Å². The van der Waals surface area contributed by atoms with E-state index in [1.54, 1.807) is 0 Å². The van der Waals surface area contributed by atoms with E-state index in [4.69, 9.17) is 10.7 Å². The second-order valence-corrected chi connectivity index (χ2v) is 6.02. The SMILES string of the molecule is Cc1cc(F)c(Br)c2c(N)c3c(nc12)CCCCC3. The molecule has 0 bridgehead atoms. The third-order valence-corrected chi connectivity index (χ3v) is 4.69. The third kappa shape index (κ3) is 2.02. The number of fused-ring (bicyclic) bond motifs is 2. The van der Waals surface area contributed by atoms with Gasteiger partial charge in [-0.15, -0.1) is 0 Å². The van der Waals surface area contributed by atoms with Crippen molar-refractivity contribution in [3.63, 3.8) is 0 Å². The molecule has 0 aliphatic heterocycles. The van der Waals surface area contributed by atoms with Crippen LogP contribution >= 0.6 is 15.9 Å². The second-order valence-electron chi connectivity index (χ2n) is 5.22. The van der Waals surface area contributed by atoms with Crippen LogP contribution in [0.15, 0.2) is 10.5 Å². The summed E-state index contributed by atoms with van der Waals surface area (Å²) in [6.07, 6.45) is 5.43. The molecule has 1 aliphatic rings. The Morgan fingerprint density at radius 2 is 2.00 bits per heavy atom. The van der Waals surface area contributed by atoms with E-state index in [0.29, 0.717) is 10.2 Å². The molecule has 0 atom stereocenters. The highest BCUT2D eigenvalue weighted by atomic mass is 79.9. The molecule has 19 heavy (non-hydrogen) atoms. The number of rotatable bonds is 0. The van der Waals surface area contributed by atoms with Crippen molar-refractivity contribution in [2.75, 3.05) is 5.73 Å². The van der Waals surface area contributed by atoms with Gasteiger partial charge in [0.1, 0.15) is 5.82 Å². The number of hydrogen-bond donors (Lipinski definition) is 1. The maximum Gasteiger partial charge on any atom is 0.138 e. The first-order valence-corrected chi connectivity index (χ1v) is 7.44. The number of pyridine rings is 1. The third-order valence-electron chi connectivity index (χ3n) is 3.91. The van der Waals surface area contributed by atoms with Crippen molar-refractivity contribution < 1.29 is 4.39 Å². The molecule has 2 aromatic rings. The Labute approximate surface area is 120 Å².